The van der Waals surface area contributed by atoms with E-state index < -0.39 is 5.97 Å². The minimum Gasteiger partial charge on any atom is -0.482 e. The smallest absolute Gasteiger partial charge is 0.344 e. The van der Waals surface area contributed by atoms with Crippen LogP contribution in [0, 0.1) is 0 Å². The van der Waals surface area contributed by atoms with Crippen LogP contribution in [0.25, 0.3) is 0 Å². The van der Waals surface area contributed by atoms with Crippen molar-refractivity contribution in [2.24, 2.45) is 0 Å². The van der Waals surface area contributed by atoms with Gasteiger partial charge in [0.05, 0.1) is 11.4 Å². The Kier molecular flexibility index (Phi) is 4.01. The van der Waals surface area contributed by atoms with Crippen LogP contribution in [-0.4, -0.2) is 29.8 Å². The number of carbonyl (C=O) groups excluding carboxylic acids is 2. The second kappa shape index (κ2) is 5.52. The summed E-state index contributed by atoms with van der Waals surface area (Å²) in [6.07, 6.45) is 0.590. The number of alkyl halides is 1. The Bertz CT molecular complexity index is 484. The molecule has 0 amide bonds. The first-order valence-electron chi connectivity index (χ1n) is 5.72. The number of esters is 1. The van der Waals surface area contributed by atoms with Crippen molar-refractivity contribution in [3.05, 3.63) is 29.3 Å². The molecule has 5 heteroatoms. The van der Waals surface area contributed by atoms with E-state index in [1.165, 1.54) is 0 Å². The van der Waals surface area contributed by atoms with E-state index in [1.54, 1.807) is 25.1 Å². The van der Waals surface area contributed by atoms with Gasteiger partial charge in [0.1, 0.15) is 5.75 Å². The van der Waals surface area contributed by atoms with Crippen molar-refractivity contribution in [1.82, 2.24) is 0 Å². The maximum atomic E-state index is 11.8. The lowest BCUT2D eigenvalue weighted by Gasteiger charge is -2.09. The maximum absolute atomic E-state index is 11.8. The molecule has 0 N–H and O–H groups in total. The monoisotopic (exact) mass is 312 g/mol. The Balaban J connectivity index is 2.12. The third-order valence-electron chi connectivity index (χ3n) is 2.72. The highest BCUT2D eigenvalue weighted by Crippen LogP contribution is 2.33. The van der Waals surface area contributed by atoms with Crippen molar-refractivity contribution >= 4 is 27.7 Å². The van der Waals surface area contributed by atoms with Gasteiger partial charge >= 0.3 is 5.97 Å². The molecular weight excluding hydrogens is 300 g/mol. The molecule has 1 aromatic rings. The van der Waals surface area contributed by atoms with Crippen molar-refractivity contribution < 1.29 is 19.1 Å². The fourth-order valence-electron chi connectivity index (χ4n) is 1.92. The molecule has 1 aliphatic rings. The molecule has 0 radical (unpaired) electrons. The van der Waals surface area contributed by atoms with Gasteiger partial charge in [0, 0.05) is 11.1 Å². The highest BCUT2D eigenvalue weighted by atomic mass is 79.9. The van der Waals surface area contributed by atoms with Gasteiger partial charge in [-0.2, -0.15) is 0 Å². The minimum atomic E-state index is -0.408. The quantitative estimate of drug-likeness (QED) is 0.631. The molecule has 0 saturated carbocycles. The molecule has 0 spiro atoms. The average molecular weight is 313 g/mol. The van der Waals surface area contributed by atoms with E-state index in [0.717, 1.165) is 5.56 Å². The third-order valence-corrected chi connectivity index (χ3v) is 3.46. The molecule has 2 rings (SSSR count). The summed E-state index contributed by atoms with van der Waals surface area (Å²) in [4.78, 5) is 22.8. The van der Waals surface area contributed by atoms with Crippen LogP contribution >= 0.6 is 15.9 Å². The number of benzene rings is 1. The number of hydrogen-bond donors (Lipinski definition) is 0. The number of hydrogen-bond acceptors (Lipinski definition) is 4. The van der Waals surface area contributed by atoms with E-state index in [1.807, 2.05) is 0 Å². The van der Waals surface area contributed by atoms with Gasteiger partial charge in [-0.1, -0.05) is 28.1 Å². The fraction of sp³-hybridized carbons (Fsp3) is 0.385. The summed E-state index contributed by atoms with van der Waals surface area (Å²) in [7, 11) is 0. The van der Waals surface area contributed by atoms with Gasteiger partial charge in [-0.05, 0) is 19.4 Å². The molecule has 1 aliphatic carbocycles. The van der Waals surface area contributed by atoms with E-state index in [-0.39, 0.29) is 17.2 Å². The zero-order valence-corrected chi connectivity index (χ0v) is 11.5. The second-order valence-corrected chi connectivity index (χ2v) is 5.02. The van der Waals surface area contributed by atoms with Crippen LogP contribution in [-0.2, 0) is 16.0 Å². The lowest BCUT2D eigenvalue weighted by molar-refractivity contribution is -0.145. The Labute approximate surface area is 113 Å². The number of ether oxygens (including phenoxy) is 2. The minimum absolute atomic E-state index is 0.0617. The van der Waals surface area contributed by atoms with Gasteiger partial charge in [-0.3, -0.25) is 4.79 Å². The number of ketones is 1. The van der Waals surface area contributed by atoms with Gasteiger partial charge in [0.2, 0.25) is 0 Å². The van der Waals surface area contributed by atoms with Crippen LogP contribution in [0.15, 0.2) is 18.2 Å². The Morgan fingerprint density at radius 1 is 1.50 bits per heavy atom. The van der Waals surface area contributed by atoms with Gasteiger partial charge in [-0.25, -0.2) is 4.79 Å². The first kappa shape index (κ1) is 13.1. The van der Waals surface area contributed by atoms with Gasteiger partial charge in [0.25, 0.3) is 0 Å². The van der Waals surface area contributed by atoms with Crippen LogP contribution in [0.2, 0.25) is 0 Å². The first-order chi connectivity index (χ1) is 8.63. The topological polar surface area (TPSA) is 52.6 Å². The molecule has 1 aromatic carbocycles. The molecule has 0 aliphatic heterocycles. The zero-order valence-electron chi connectivity index (χ0n) is 9.94. The van der Waals surface area contributed by atoms with E-state index in [0.29, 0.717) is 24.3 Å². The fourth-order valence-corrected chi connectivity index (χ4v) is 2.49. The summed E-state index contributed by atoms with van der Waals surface area (Å²) in [5.74, 6) is 0.234. The van der Waals surface area contributed by atoms with Crippen LogP contribution in [0.5, 0.6) is 5.75 Å². The summed E-state index contributed by atoms with van der Waals surface area (Å²) >= 11 is 3.33. The summed E-state index contributed by atoms with van der Waals surface area (Å²) in [6.45, 7) is 1.94. The van der Waals surface area contributed by atoms with Crippen molar-refractivity contribution in [3.63, 3.8) is 0 Å². The summed E-state index contributed by atoms with van der Waals surface area (Å²) < 4.78 is 10.2. The molecule has 1 unspecified atom stereocenters. The van der Waals surface area contributed by atoms with Gasteiger partial charge < -0.3 is 9.47 Å². The highest BCUT2D eigenvalue weighted by Gasteiger charge is 2.30. The lowest BCUT2D eigenvalue weighted by atomic mass is 10.1. The van der Waals surface area contributed by atoms with E-state index in [4.69, 9.17) is 9.47 Å². The molecule has 1 atom stereocenters. The number of fused-ring (bicyclic) bond motifs is 1. The molecule has 18 heavy (non-hydrogen) atoms. The summed E-state index contributed by atoms with van der Waals surface area (Å²) in [6, 6.07) is 5.29. The van der Waals surface area contributed by atoms with E-state index in [9.17, 15) is 9.59 Å². The molecular formula is C13H13BrO4. The van der Waals surface area contributed by atoms with Crippen molar-refractivity contribution in [3.8, 4) is 5.75 Å². The summed E-state index contributed by atoms with van der Waals surface area (Å²) in [5, 5.41) is 0. The Hall–Kier alpha value is -1.36. The van der Waals surface area contributed by atoms with Crippen molar-refractivity contribution in [2.45, 2.75) is 18.2 Å². The first-order valence-corrected chi connectivity index (χ1v) is 6.63. The largest absolute Gasteiger partial charge is 0.482 e. The van der Waals surface area contributed by atoms with Gasteiger partial charge in [0.15, 0.2) is 12.4 Å². The number of Topliss-reactive ketones (excluding diaryl/α,β-unsaturated/α-hetero) is 1. The third kappa shape index (κ3) is 2.56. The van der Waals surface area contributed by atoms with Crippen molar-refractivity contribution in [2.75, 3.05) is 13.2 Å². The highest BCUT2D eigenvalue weighted by molar-refractivity contribution is 9.10. The number of halogens is 1. The Morgan fingerprint density at radius 3 is 3.00 bits per heavy atom. The second-order valence-electron chi connectivity index (χ2n) is 3.91. The molecule has 0 fully saturated rings. The lowest BCUT2D eigenvalue weighted by Crippen LogP contribution is -2.15. The normalized spacial score (nSPS) is 17.4. The number of carbonyl (C=O) groups is 2. The van der Waals surface area contributed by atoms with E-state index >= 15 is 0 Å². The molecule has 0 saturated heterocycles. The predicted octanol–water partition coefficient (Wildman–Crippen LogP) is 2.13. The number of rotatable bonds is 4. The maximum Gasteiger partial charge on any atom is 0.344 e. The standard InChI is InChI=1S/C13H13BrO4/c1-2-17-12(15)7-18-11-5-3-4-8-9(11)6-10(14)13(8)16/h3-5,10H,2,6-7H2,1H3. The predicted molar refractivity (Wildman–Crippen MR) is 69.3 cm³/mol. The van der Waals surface area contributed by atoms with Crippen LogP contribution in [0.3, 0.4) is 0 Å². The van der Waals surface area contributed by atoms with Crippen LogP contribution in [0.4, 0.5) is 0 Å². The Morgan fingerprint density at radius 2 is 2.28 bits per heavy atom. The average Bonchev–Trinajstić information content (AvgIpc) is 2.64. The molecule has 0 heterocycles. The van der Waals surface area contributed by atoms with Crippen molar-refractivity contribution in [1.29, 1.82) is 0 Å². The van der Waals surface area contributed by atoms with Crippen LogP contribution < -0.4 is 4.74 Å². The molecule has 0 bridgehead atoms. The molecule has 4 nitrogen and oxygen atoms in total. The SMILES string of the molecule is CCOC(=O)COc1cccc2c1CC(Br)C2=O. The summed E-state index contributed by atoms with van der Waals surface area (Å²) in [5.41, 5.74) is 1.52. The van der Waals surface area contributed by atoms with E-state index in [2.05, 4.69) is 15.9 Å². The zero-order chi connectivity index (χ0) is 13.1. The molecule has 0 aromatic heterocycles. The molecule has 96 valence electrons. The van der Waals surface area contributed by atoms with Crippen LogP contribution in [0.1, 0.15) is 22.8 Å². The van der Waals surface area contributed by atoms with Gasteiger partial charge in [-0.15, -0.1) is 0 Å².